The number of aliphatic imine (C=N–C) groups is 1. The molecule has 1 aromatic carbocycles. The van der Waals surface area contributed by atoms with Crippen LogP contribution in [0.25, 0.3) is 0 Å². The van der Waals surface area contributed by atoms with E-state index in [9.17, 15) is 0 Å². The second kappa shape index (κ2) is 5.39. The molecule has 5 heteroatoms. The van der Waals surface area contributed by atoms with E-state index < -0.39 is 0 Å². The Labute approximate surface area is 111 Å². The van der Waals surface area contributed by atoms with Gasteiger partial charge < -0.3 is 16.2 Å². The predicted molar refractivity (Wildman–Crippen MR) is 77.7 cm³/mol. The monoisotopic (exact) mass is 256 g/mol. The van der Waals surface area contributed by atoms with Crippen molar-refractivity contribution in [1.82, 2.24) is 0 Å². The molecule has 0 spiro atoms. The largest absolute Gasteiger partial charge is 0.492 e. The molecule has 0 bridgehead atoms. The Morgan fingerprint density at radius 2 is 1.84 bits per heavy atom. The van der Waals surface area contributed by atoms with Crippen LogP contribution in [-0.4, -0.2) is 18.0 Å². The first-order chi connectivity index (χ1) is 9.10. The molecule has 5 N–H and O–H groups in total. The molecule has 1 aliphatic carbocycles. The van der Waals surface area contributed by atoms with E-state index in [0.717, 1.165) is 5.69 Å². The maximum absolute atomic E-state index is 7.88. The third-order valence-electron chi connectivity index (χ3n) is 2.57. The third kappa shape index (κ3) is 3.01. The Morgan fingerprint density at radius 3 is 2.47 bits per heavy atom. The topological polar surface area (TPSA) is 97.5 Å². The highest BCUT2D eigenvalue weighted by Gasteiger charge is 2.15. The van der Waals surface area contributed by atoms with Gasteiger partial charge >= 0.3 is 0 Å². The van der Waals surface area contributed by atoms with Crippen molar-refractivity contribution in [2.24, 2.45) is 10.7 Å². The van der Waals surface area contributed by atoms with Gasteiger partial charge in [-0.3, -0.25) is 5.41 Å². The number of nitrogens with one attached hydrogen (secondary N) is 1. The number of rotatable bonds is 3. The normalized spacial score (nSPS) is 17.1. The fourth-order valence-corrected chi connectivity index (χ4v) is 1.65. The number of anilines is 1. The van der Waals surface area contributed by atoms with Gasteiger partial charge in [0.15, 0.2) is 0 Å². The average molecular weight is 256 g/mol. The van der Waals surface area contributed by atoms with Gasteiger partial charge in [-0.05, 0) is 37.3 Å². The van der Waals surface area contributed by atoms with Crippen LogP contribution < -0.4 is 11.5 Å². The molecule has 0 aliphatic heterocycles. The van der Waals surface area contributed by atoms with Gasteiger partial charge in [-0.2, -0.15) is 0 Å². The van der Waals surface area contributed by atoms with E-state index in [0.29, 0.717) is 29.5 Å². The Morgan fingerprint density at radius 1 is 1.16 bits per heavy atom. The van der Waals surface area contributed by atoms with Gasteiger partial charge in [-0.25, -0.2) is 4.99 Å². The first-order valence-electron chi connectivity index (χ1n) is 5.95. The van der Waals surface area contributed by atoms with Gasteiger partial charge in [0.2, 0.25) is 0 Å². The number of ether oxygens (including phenoxy) is 1. The predicted octanol–water partition coefficient (Wildman–Crippen LogP) is 2.14. The minimum absolute atomic E-state index is 0.262. The Kier molecular flexibility index (Phi) is 3.66. The molecule has 0 unspecified atom stereocenters. The fourth-order valence-electron chi connectivity index (χ4n) is 1.65. The van der Waals surface area contributed by atoms with Gasteiger partial charge in [0, 0.05) is 11.8 Å². The zero-order valence-corrected chi connectivity index (χ0v) is 10.7. The molecule has 0 saturated heterocycles. The minimum atomic E-state index is 0.262. The quantitative estimate of drug-likeness (QED) is 0.570. The van der Waals surface area contributed by atoms with E-state index in [1.165, 1.54) is 0 Å². The molecule has 0 saturated carbocycles. The van der Waals surface area contributed by atoms with Gasteiger partial charge in [-0.1, -0.05) is 0 Å². The maximum atomic E-state index is 7.88. The van der Waals surface area contributed by atoms with Gasteiger partial charge in [-0.15, -0.1) is 0 Å². The summed E-state index contributed by atoms with van der Waals surface area (Å²) >= 11 is 0. The number of hydrogen-bond acceptors (Lipinski definition) is 5. The lowest BCUT2D eigenvalue weighted by molar-refractivity contribution is 0.237. The fraction of sp³-hybridized carbons (Fsp3) is 0.143. The molecule has 1 aliphatic rings. The number of nitrogen functional groups attached to an aromatic ring is 1. The van der Waals surface area contributed by atoms with Gasteiger partial charge in [0.05, 0.1) is 29.4 Å². The van der Waals surface area contributed by atoms with E-state index in [4.69, 9.17) is 21.6 Å². The standard InChI is InChI=1S/C14H16N4O/c1-2-19-14-8-13(11(16)7-12(14)17)18-10-5-3-9(15)4-6-10/h3-8,16H,2,15,17H2,1H3. The summed E-state index contributed by atoms with van der Waals surface area (Å²) < 4.78 is 5.40. The molecule has 0 atom stereocenters. The number of allylic oxidation sites excluding steroid dienone is 2. The van der Waals surface area contributed by atoms with E-state index in [-0.39, 0.29) is 5.71 Å². The van der Waals surface area contributed by atoms with Gasteiger partial charge in [0.1, 0.15) is 5.76 Å². The SMILES string of the molecule is CCOC1=CC(=Nc2ccc(N)cc2)C(=N)C=C1N. The van der Waals surface area contributed by atoms with Crippen LogP contribution in [-0.2, 0) is 4.74 Å². The van der Waals surface area contributed by atoms with Crippen molar-refractivity contribution in [2.75, 3.05) is 12.3 Å². The highest BCUT2D eigenvalue weighted by Crippen LogP contribution is 2.18. The molecule has 2 rings (SSSR count). The first-order valence-corrected chi connectivity index (χ1v) is 5.95. The first kappa shape index (κ1) is 12.9. The van der Waals surface area contributed by atoms with Crippen molar-refractivity contribution in [3.63, 3.8) is 0 Å². The summed E-state index contributed by atoms with van der Waals surface area (Å²) in [4.78, 5) is 4.39. The maximum Gasteiger partial charge on any atom is 0.144 e. The lowest BCUT2D eigenvalue weighted by atomic mass is 10.1. The van der Waals surface area contributed by atoms with Crippen LogP contribution in [0.4, 0.5) is 11.4 Å². The van der Waals surface area contributed by atoms with Gasteiger partial charge in [0.25, 0.3) is 0 Å². The van der Waals surface area contributed by atoms with E-state index in [1.54, 1.807) is 36.4 Å². The second-order valence-corrected chi connectivity index (χ2v) is 4.04. The van der Waals surface area contributed by atoms with E-state index in [2.05, 4.69) is 4.99 Å². The molecule has 0 aromatic heterocycles. The number of nitrogens with two attached hydrogens (primary N) is 2. The molecule has 19 heavy (non-hydrogen) atoms. The smallest absolute Gasteiger partial charge is 0.144 e. The number of benzene rings is 1. The third-order valence-corrected chi connectivity index (χ3v) is 2.57. The van der Waals surface area contributed by atoms with Crippen LogP contribution in [0.1, 0.15) is 6.92 Å². The Balaban J connectivity index is 2.33. The van der Waals surface area contributed by atoms with Crippen molar-refractivity contribution in [3.05, 3.63) is 47.9 Å². The average Bonchev–Trinajstić information content (AvgIpc) is 2.38. The lowest BCUT2D eigenvalue weighted by Gasteiger charge is -2.14. The van der Waals surface area contributed by atoms with Crippen LogP contribution in [0.2, 0.25) is 0 Å². The number of hydrogen-bond donors (Lipinski definition) is 3. The highest BCUT2D eigenvalue weighted by molar-refractivity contribution is 6.50. The molecule has 1 aromatic rings. The molecular formula is C14H16N4O. The van der Waals surface area contributed by atoms with Crippen molar-refractivity contribution >= 4 is 22.8 Å². The molecule has 98 valence electrons. The van der Waals surface area contributed by atoms with Crippen molar-refractivity contribution < 1.29 is 4.74 Å². The van der Waals surface area contributed by atoms with Crippen LogP contribution in [0.15, 0.2) is 52.9 Å². The van der Waals surface area contributed by atoms with Crippen molar-refractivity contribution in [3.8, 4) is 0 Å². The zero-order valence-electron chi connectivity index (χ0n) is 10.7. The second-order valence-electron chi connectivity index (χ2n) is 4.04. The molecule has 0 fully saturated rings. The van der Waals surface area contributed by atoms with E-state index in [1.807, 2.05) is 6.92 Å². The highest BCUT2D eigenvalue weighted by atomic mass is 16.5. The van der Waals surface area contributed by atoms with Crippen molar-refractivity contribution in [1.29, 1.82) is 5.41 Å². The summed E-state index contributed by atoms with van der Waals surface area (Å²) in [6, 6.07) is 7.13. The summed E-state index contributed by atoms with van der Waals surface area (Å²) in [6.45, 7) is 2.40. The molecular weight excluding hydrogens is 240 g/mol. The minimum Gasteiger partial charge on any atom is -0.492 e. The van der Waals surface area contributed by atoms with Crippen LogP contribution in [0, 0.1) is 5.41 Å². The van der Waals surface area contributed by atoms with Crippen LogP contribution in [0.3, 0.4) is 0 Å². The Hall–Kier alpha value is -2.56. The van der Waals surface area contributed by atoms with E-state index >= 15 is 0 Å². The zero-order chi connectivity index (χ0) is 13.8. The number of nitrogens with zero attached hydrogens (tertiary/aromatic N) is 1. The summed E-state index contributed by atoms with van der Waals surface area (Å²) in [6.07, 6.45) is 3.22. The van der Waals surface area contributed by atoms with Crippen LogP contribution >= 0.6 is 0 Å². The molecule has 0 amide bonds. The summed E-state index contributed by atoms with van der Waals surface area (Å²) in [5.41, 5.74) is 14.0. The molecule has 0 heterocycles. The Bertz CT molecular complexity index is 582. The lowest BCUT2D eigenvalue weighted by Crippen LogP contribution is -2.19. The summed E-state index contributed by atoms with van der Waals surface area (Å²) in [7, 11) is 0. The molecule has 5 nitrogen and oxygen atoms in total. The van der Waals surface area contributed by atoms with Crippen LogP contribution in [0.5, 0.6) is 0 Å². The van der Waals surface area contributed by atoms with Crippen molar-refractivity contribution in [2.45, 2.75) is 6.92 Å². The molecule has 0 radical (unpaired) electrons. The summed E-state index contributed by atoms with van der Waals surface area (Å²) in [5, 5.41) is 7.88. The summed E-state index contributed by atoms with van der Waals surface area (Å²) in [5.74, 6) is 0.549.